The maximum Gasteiger partial charge on any atom is 0.254 e. The van der Waals surface area contributed by atoms with Crippen molar-refractivity contribution in [1.82, 2.24) is 20.0 Å². The zero-order valence-electron chi connectivity index (χ0n) is 14.5. The second-order valence-electron chi connectivity index (χ2n) is 6.18. The lowest BCUT2D eigenvalue weighted by molar-refractivity contribution is 0.0935. The van der Waals surface area contributed by atoms with Gasteiger partial charge in [-0.1, -0.05) is 6.07 Å². The van der Waals surface area contributed by atoms with Crippen LogP contribution >= 0.6 is 0 Å². The van der Waals surface area contributed by atoms with Crippen molar-refractivity contribution in [2.45, 2.75) is 19.0 Å². The average molecular weight is 357 g/mol. The third-order valence-corrected chi connectivity index (χ3v) is 4.37. The van der Waals surface area contributed by atoms with Crippen molar-refractivity contribution in [1.29, 1.82) is 5.26 Å². The van der Waals surface area contributed by atoms with Crippen LogP contribution in [-0.2, 0) is 11.3 Å². The third kappa shape index (κ3) is 4.00. The first-order chi connectivity index (χ1) is 12.6. The molecule has 0 radical (unpaired) electrons. The molecule has 26 heavy (non-hydrogen) atoms. The fraction of sp³-hybridized carbons (Fsp3) is 0.389. The van der Waals surface area contributed by atoms with Gasteiger partial charge < -0.3 is 15.0 Å². The molecule has 1 aliphatic heterocycles. The number of likely N-dealkylation sites (tertiary alicyclic amines) is 1. The van der Waals surface area contributed by atoms with E-state index in [2.05, 4.69) is 16.6 Å². The molecule has 1 amide bonds. The topological polar surface area (TPSA) is 83.2 Å². The highest BCUT2D eigenvalue weighted by atomic mass is 19.1. The van der Waals surface area contributed by atoms with E-state index in [4.69, 9.17) is 10.00 Å². The quantitative estimate of drug-likeness (QED) is 0.795. The highest BCUT2D eigenvalue weighted by molar-refractivity contribution is 5.95. The summed E-state index contributed by atoms with van der Waals surface area (Å²) in [4.78, 5) is 13.9. The summed E-state index contributed by atoms with van der Waals surface area (Å²) >= 11 is 0. The van der Waals surface area contributed by atoms with Gasteiger partial charge in [0.1, 0.15) is 5.82 Å². The van der Waals surface area contributed by atoms with Crippen LogP contribution in [0.15, 0.2) is 30.6 Å². The van der Waals surface area contributed by atoms with E-state index in [1.54, 1.807) is 29.0 Å². The van der Waals surface area contributed by atoms with Gasteiger partial charge in [-0.3, -0.25) is 9.48 Å². The van der Waals surface area contributed by atoms with Gasteiger partial charge in [-0.05, 0) is 24.1 Å². The van der Waals surface area contributed by atoms with Crippen LogP contribution in [0.2, 0.25) is 0 Å². The lowest BCUT2D eigenvalue weighted by atomic mass is 10.1. The lowest BCUT2D eigenvalue weighted by Crippen LogP contribution is -2.36. The molecular weight excluding hydrogens is 337 g/mol. The number of nitrogens with one attached hydrogen (secondary N) is 1. The maximum absolute atomic E-state index is 14.4. The molecular formula is C18H20FN5O2. The summed E-state index contributed by atoms with van der Waals surface area (Å²) in [5.74, 6) is -1.05. The van der Waals surface area contributed by atoms with E-state index in [9.17, 15) is 9.18 Å². The highest BCUT2D eigenvalue weighted by Gasteiger charge is 2.24. The fourth-order valence-corrected chi connectivity index (χ4v) is 2.93. The zero-order chi connectivity index (χ0) is 18.5. The predicted octanol–water partition coefficient (Wildman–Crippen LogP) is 1.62. The molecule has 1 fully saturated rings. The van der Waals surface area contributed by atoms with Crippen LogP contribution < -0.4 is 5.32 Å². The van der Waals surface area contributed by atoms with Crippen LogP contribution in [0.3, 0.4) is 0 Å². The summed E-state index contributed by atoms with van der Waals surface area (Å²) in [7, 11) is 1.62. The standard InChI is InChI=1S/C18H20FN5O2/c1-26-7-6-24-10-14(9-21-24)13-2-3-16(17(19)8-13)18(25)22-15-4-5-23(11-15)12-20/h2-3,8-10,15H,4-7,11H2,1H3,(H,22,25)/t15-/m1/s1. The van der Waals surface area contributed by atoms with Crippen LogP contribution in [0.25, 0.3) is 11.1 Å². The van der Waals surface area contributed by atoms with Crippen molar-refractivity contribution in [2.24, 2.45) is 0 Å². The molecule has 136 valence electrons. The van der Waals surface area contributed by atoms with Crippen molar-refractivity contribution < 1.29 is 13.9 Å². The molecule has 2 aromatic rings. The molecule has 0 spiro atoms. The first kappa shape index (κ1) is 17.9. The molecule has 1 aromatic heterocycles. The Morgan fingerprint density at radius 3 is 3.04 bits per heavy atom. The van der Waals surface area contributed by atoms with Crippen LogP contribution in [0.5, 0.6) is 0 Å². The van der Waals surface area contributed by atoms with Gasteiger partial charge in [0.15, 0.2) is 6.19 Å². The first-order valence-corrected chi connectivity index (χ1v) is 8.37. The minimum absolute atomic E-state index is 0.00377. The molecule has 1 aromatic carbocycles. The monoisotopic (exact) mass is 357 g/mol. The van der Waals surface area contributed by atoms with Gasteiger partial charge in [0.25, 0.3) is 5.91 Å². The number of nitrogens with zero attached hydrogens (tertiary/aromatic N) is 4. The van der Waals surface area contributed by atoms with Crippen LogP contribution in [-0.4, -0.2) is 53.4 Å². The van der Waals surface area contributed by atoms with Crippen molar-refractivity contribution in [3.8, 4) is 17.3 Å². The first-order valence-electron chi connectivity index (χ1n) is 8.37. The second-order valence-corrected chi connectivity index (χ2v) is 6.18. The number of hydrogen-bond acceptors (Lipinski definition) is 5. The van der Waals surface area contributed by atoms with Crippen LogP contribution in [0.1, 0.15) is 16.8 Å². The van der Waals surface area contributed by atoms with E-state index >= 15 is 0 Å². The number of nitriles is 1. The van der Waals surface area contributed by atoms with E-state index in [-0.39, 0.29) is 11.6 Å². The zero-order valence-corrected chi connectivity index (χ0v) is 14.5. The normalized spacial score (nSPS) is 16.5. The molecule has 7 nitrogen and oxygen atoms in total. The van der Waals surface area contributed by atoms with E-state index in [1.807, 2.05) is 6.20 Å². The highest BCUT2D eigenvalue weighted by Crippen LogP contribution is 2.22. The molecule has 1 saturated heterocycles. The average Bonchev–Trinajstić information content (AvgIpc) is 3.29. The predicted molar refractivity (Wildman–Crippen MR) is 92.6 cm³/mol. The molecule has 1 atom stereocenters. The molecule has 0 bridgehead atoms. The molecule has 0 saturated carbocycles. The van der Waals surface area contributed by atoms with Crippen molar-refractivity contribution in [3.05, 3.63) is 42.0 Å². The Hall–Kier alpha value is -2.92. The van der Waals surface area contributed by atoms with Crippen molar-refractivity contribution in [2.75, 3.05) is 26.8 Å². The van der Waals surface area contributed by atoms with E-state index < -0.39 is 11.7 Å². The van der Waals surface area contributed by atoms with Crippen molar-refractivity contribution >= 4 is 5.91 Å². The molecule has 3 rings (SSSR count). The Labute approximate surface area is 151 Å². The third-order valence-electron chi connectivity index (χ3n) is 4.37. The van der Waals surface area contributed by atoms with Gasteiger partial charge in [0.05, 0.1) is 24.9 Å². The van der Waals surface area contributed by atoms with Crippen LogP contribution in [0.4, 0.5) is 4.39 Å². The number of hydrogen-bond donors (Lipinski definition) is 1. The van der Waals surface area contributed by atoms with E-state index in [0.717, 1.165) is 5.56 Å². The smallest absolute Gasteiger partial charge is 0.254 e. The summed E-state index contributed by atoms with van der Waals surface area (Å²) in [5.41, 5.74) is 1.42. The largest absolute Gasteiger partial charge is 0.383 e. The number of carbonyl (C=O) groups excluding carboxylic acids is 1. The molecule has 1 N–H and O–H groups in total. The van der Waals surface area contributed by atoms with Crippen molar-refractivity contribution in [3.63, 3.8) is 0 Å². The summed E-state index contributed by atoms with van der Waals surface area (Å²) in [5, 5.41) is 15.8. The summed E-state index contributed by atoms with van der Waals surface area (Å²) < 4.78 is 21.2. The Bertz CT molecular complexity index is 829. The maximum atomic E-state index is 14.4. The number of halogens is 1. The van der Waals surface area contributed by atoms with Gasteiger partial charge in [0, 0.05) is 38.0 Å². The molecule has 1 aliphatic rings. The number of benzene rings is 1. The minimum Gasteiger partial charge on any atom is -0.383 e. The number of rotatable bonds is 6. The SMILES string of the molecule is COCCn1cc(-c2ccc(C(=O)N[C@@H]3CCN(C#N)C3)c(F)c2)cn1. The summed E-state index contributed by atoms with van der Waals surface area (Å²) in [6.45, 7) is 2.22. The minimum atomic E-state index is -0.584. The van der Waals surface area contributed by atoms with Gasteiger partial charge in [0.2, 0.25) is 0 Å². The fourth-order valence-electron chi connectivity index (χ4n) is 2.93. The van der Waals surface area contributed by atoms with E-state index in [0.29, 0.717) is 38.2 Å². The Balaban J connectivity index is 1.68. The Kier molecular flexibility index (Phi) is 5.49. The molecule has 0 aliphatic carbocycles. The number of aromatic nitrogens is 2. The number of methoxy groups -OCH3 is 1. The number of carbonyl (C=O) groups is 1. The Morgan fingerprint density at radius 2 is 2.35 bits per heavy atom. The molecule has 8 heteroatoms. The number of amides is 1. The van der Waals surface area contributed by atoms with Gasteiger partial charge in [-0.25, -0.2) is 4.39 Å². The van der Waals surface area contributed by atoms with Crippen LogP contribution in [0, 0.1) is 17.3 Å². The molecule has 2 heterocycles. The van der Waals surface area contributed by atoms with Gasteiger partial charge in [-0.15, -0.1) is 0 Å². The summed E-state index contributed by atoms with van der Waals surface area (Å²) in [6.07, 6.45) is 6.19. The molecule has 0 unspecified atom stereocenters. The number of ether oxygens (including phenoxy) is 1. The van der Waals surface area contributed by atoms with Gasteiger partial charge >= 0.3 is 0 Å². The summed E-state index contributed by atoms with van der Waals surface area (Å²) in [6, 6.07) is 4.37. The lowest BCUT2D eigenvalue weighted by Gasteiger charge is -2.13. The van der Waals surface area contributed by atoms with Gasteiger partial charge in [-0.2, -0.15) is 10.4 Å². The van der Waals surface area contributed by atoms with E-state index in [1.165, 1.54) is 12.1 Å². The second kappa shape index (κ2) is 7.97. The Morgan fingerprint density at radius 1 is 1.50 bits per heavy atom.